The highest BCUT2D eigenvalue weighted by Gasteiger charge is 2.52. The highest BCUT2D eigenvalue weighted by Crippen LogP contribution is 2.48. The van der Waals surface area contributed by atoms with Gasteiger partial charge in [0, 0.05) is 61.8 Å². The summed E-state index contributed by atoms with van der Waals surface area (Å²) in [6, 6.07) is 6.46. The van der Waals surface area contributed by atoms with Gasteiger partial charge in [0.15, 0.2) is 5.78 Å². The molecule has 0 saturated heterocycles. The summed E-state index contributed by atoms with van der Waals surface area (Å²) in [7, 11) is 1.42. The molecule has 4 aliphatic rings. The van der Waals surface area contributed by atoms with Crippen LogP contribution >= 0.6 is 0 Å². The van der Waals surface area contributed by atoms with E-state index in [2.05, 4.69) is 5.32 Å². The molecule has 14 heteroatoms. The molecule has 0 spiro atoms. The number of carbonyl (C=O) groups is 6. The number of fused-ring (bicyclic) bond motifs is 14. The van der Waals surface area contributed by atoms with Crippen molar-refractivity contribution in [1.29, 1.82) is 0 Å². The third kappa shape index (κ3) is 8.85. The first-order valence-electron chi connectivity index (χ1n) is 19.3. The monoisotopic (exact) mass is 813 g/mol. The molecule has 314 valence electrons. The second kappa shape index (κ2) is 17.7. The number of rotatable bonds is 4. The van der Waals surface area contributed by atoms with Crippen LogP contribution in [-0.4, -0.2) is 82.7 Å². The Morgan fingerprint density at radius 2 is 1.53 bits per heavy atom. The molecule has 0 saturated carbocycles. The molecular formula is C45H51NO13. The van der Waals surface area contributed by atoms with Crippen molar-refractivity contribution in [3.05, 3.63) is 106 Å². The quantitative estimate of drug-likeness (QED) is 0.260. The Morgan fingerprint density at radius 1 is 0.864 bits per heavy atom. The van der Waals surface area contributed by atoms with Gasteiger partial charge in [-0.2, -0.15) is 0 Å². The molecule has 59 heavy (non-hydrogen) atoms. The van der Waals surface area contributed by atoms with Gasteiger partial charge in [-0.05, 0) is 39.0 Å². The highest BCUT2D eigenvalue weighted by molar-refractivity contribution is 6.31. The van der Waals surface area contributed by atoms with Gasteiger partial charge < -0.3 is 39.2 Å². The number of hydrogen-bond acceptors (Lipinski definition) is 13. The van der Waals surface area contributed by atoms with Gasteiger partial charge in [-0.1, -0.05) is 63.6 Å². The standard InChI is InChI=1S/C45H51NO13/c1-21-14-16-29(17-15-21)44(54)58-40-27(7)41-35-33-31(48)20-30(38(51)34(33)40)46-43(53)23(3)13-11-12-22(2)36(49)25(5)37(50)26(6)39(57-28(8)47)24(4)32(55-10)18-19-56-45(9,59-41)42(35)52/h11-20,22,24-26,32,36-37,39,49-50H,1-10H3,(H,46,53)/b12-11-,19-18-,23-13-/t22-,24+,25+,26-,32-,36-,37-,39+,45-/m0/s1. The molecule has 0 aromatic heterocycles. The number of carbonyl (C=O) groups excluding carboxylic acids is 6. The fourth-order valence-electron chi connectivity index (χ4n) is 7.58. The van der Waals surface area contributed by atoms with Gasteiger partial charge >= 0.3 is 17.7 Å². The number of ether oxygens (including phenoxy) is 5. The Hall–Kier alpha value is -5.70. The molecule has 3 heterocycles. The summed E-state index contributed by atoms with van der Waals surface area (Å²) in [5.74, 6) is -9.94. The van der Waals surface area contributed by atoms with Gasteiger partial charge in [0.25, 0.3) is 11.7 Å². The normalized spacial score (nSPS) is 30.8. The number of benzene rings is 2. The lowest BCUT2D eigenvalue weighted by Crippen LogP contribution is -2.46. The molecule has 9 atom stereocenters. The van der Waals surface area contributed by atoms with Crippen LogP contribution in [0.5, 0.6) is 11.5 Å². The fourth-order valence-corrected chi connectivity index (χ4v) is 7.58. The Bertz CT molecular complexity index is 2180. The molecule has 0 fully saturated rings. The van der Waals surface area contributed by atoms with Gasteiger partial charge in [0.05, 0.1) is 52.5 Å². The van der Waals surface area contributed by atoms with E-state index in [4.69, 9.17) is 23.7 Å². The van der Waals surface area contributed by atoms with E-state index >= 15 is 0 Å². The smallest absolute Gasteiger partial charge is 0.343 e. The van der Waals surface area contributed by atoms with Gasteiger partial charge in [-0.15, -0.1) is 0 Å². The molecule has 1 aliphatic carbocycles. The number of nitrogens with one attached hydrogen (secondary N) is 1. The largest absolute Gasteiger partial charge is 0.462 e. The first-order valence-corrected chi connectivity index (χ1v) is 19.3. The molecule has 3 N–H and O–H groups in total. The average molecular weight is 814 g/mol. The molecule has 5 bridgehead atoms. The van der Waals surface area contributed by atoms with Crippen molar-refractivity contribution < 1.29 is 62.7 Å². The second-order valence-electron chi connectivity index (χ2n) is 15.6. The topological polar surface area (TPSA) is 201 Å². The van der Waals surface area contributed by atoms with Crippen LogP contribution < -0.4 is 14.8 Å². The van der Waals surface area contributed by atoms with E-state index in [0.29, 0.717) is 0 Å². The fraction of sp³-hybridized carbons (Fsp3) is 0.422. The van der Waals surface area contributed by atoms with Crippen LogP contribution in [0.4, 0.5) is 0 Å². The molecule has 2 aromatic rings. The van der Waals surface area contributed by atoms with Crippen LogP contribution in [0.2, 0.25) is 0 Å². The summed E-state index contributed by atoms with van der Waals surface area (Å²) < 4.78 is 29.4. The number of Topliss-reactive ketones (excluding diaryl/α,β-unsaturated/α-hetero) is 2. The zero-order valence-electron chi connectivity index (χ0n) is 34.8. The lowest BCUT2D eigenvalue weighted by atomic mass is 9.78. The van der Waals surface area contributed by atoms with Crippen LogP contribution in [0.3, 0.4) is 0 Å². The lowest BCUT2D eigenvalue weighted by molar-refractivity contribution is -0.160. The third-order valence-corrected chi connectivity index (χ3v) is 11.3. The maximum Gasteiger partial charge on any atom is 0.343 e. The number of hydrogen-bond donors (Lipinski definition) is 3. The predicted octanol–water partition coefficient (Wildman–Crippen LogP) is 5.45. The Balaban J connectivity index is 1.65. The van der Waals surface area contributed by atoms with Crippen molar-refractivity contribution in [3.63, 3.8) is 0 Å². The summed E-state index contributed by atoms with van der Waals surface area (Å²) in [6.45, 7) is 14.2. The minimum atomic E-state index is -2.11. The van der Waals surface area contributed by atoms with E-state index < -0.39 is 106 Å². The van der Waals surface area contributed by atoms with Crippen LogP contribution in [0.1, 0.15) is 101 Å². The molecular weight excluding hydrogens is 762 g/mol. The van der Waals surface area contributed by atoms with Gasteiger partial charge in [-0.25, -0.2) is 4.79 Å². The van der Waals surface area contributed by atoms with Gasteiger partial charge in [-0.3, -0.25) is 24.0 Å². The summed E-state index contributed by atoms with van der Waals surface area (Å²) in [4.78, 5) is 82.0. The Labute approximate surface area is 342 Å². The third-order valence-electron chi connectivity index (χ3n) is 11.3. The van der Waals surface area contributed by atoms with E-state index in [1.54, 1.807) is 52.0 Å². The van der Waals surface area contributed by atoms with Gasteiger partial charge in [0.2, 0.25) is 5.78 Å². The number of ketones is 3. The highest BCUT2D eigenvalue weighted by atomic mass is 16.7. The van der Waals surface area contributed by atoms with Crippen molar-refractivity contribution in [1.82, 2.24) is 5.32 Å². The maximum atomic E-state index is 14.3. The van der Waals surface area contributed by atoms with Crippen molar-refractivity contribution in [2.45, 2.75) is 92.5 Å². The maximum absolute atomic E-state index is 14.3. The van der Waals surface area contributed by atoms with Crippen LogP contribution in [0.15, 0.2) is 72.2 Å². The number of aliphatic hydroxyl groups is 2. The van der Waals surface area contributed by atoms with E-state index in [-0.39, 0.29) is 33.8 Å². The predicted molar refractivity (Wildman–Crippen MR) is 214 cm³/mol. The summed E-state index contributed by atoms with van der Waals surface area (Å²) in [5, 5.41) is 25.2. The average Bonchev–Trinajstić information content (AvgIpc) is 3.46. The molecule has 0 radical (unpaired) electrons. The van der Waals surface area contributed by atoms with Crippen molar-refractivity contribution in [2.24, 2.45) is 23.7 Å². The minimum absolute atomic E-state index is 0.0371. The zero-order valence-corrected chi connectivity index (χ0v) is 34.8. The first kappa shape index (κ1) is 44.4. The van der Waals surface area contributed by atoms with Gasteiger partial charge in [0.1, 0.15) is 17.6 Å². The first-order chi connectivity index (χ1) is 27.7. The SMILES string of the molecule is CO[C@H]1/C=C\O[C@@]2(C)Oc3c(C)c(OC(=O)c4ccc(C)cc4)c4c(c3C2=O)C(=O)C=C(NC(=O)/C(C)=C\C=C/[C@H](C)[C@H](O)[C@@H](C)[C@H](O)[C@H](C)[C@H](OC(C)=O)[C@@H]1C)C4=O. The summed E-state index contributed by atoms with van der Waals surface area (Å²) in [5.41, 5.74) is -0.342. The molecule has 0 unspecified atom stereocenters. The molecule has 3 aliphatic heterocycles. The number of allylic oxidation sites excluding steroid dienone is 4. The van der Waals surface area contributed by atoms with Crippen molar-refractivity contribution in [3.8, 4) is 11.5 Å². The van der Waals surface area contributed by atoms with E-state index in [1.807, 2.05) is 6.92 Å². The minimum Gasteiger partial charge on any atom is -0.462 e. The van der Waals surface area contributed by atoms with Crippen LogP contribution in [0, 0.1) is 37.5 Å². The van der Waals surface area contributed by atoms with Crippen LogP contribution in [0.25, 0.3) is 0 Å². The number of amides is 1. The number of aryl methyl sites for hydroxylation is 1. The van der Waals surface area contributed by atoms with Crippen LogP contribution in [-0.2, 0) is 23.8 Å². The number of methoxy groups -OCH3 is 1. The number of aliphatic hydroxyl groups excluding tert-OH is 2. The van der Waals surface area contributed by atoms with E-state index in [0.717, 1.165) is 17.9 Å². The molecule has 14 nitrogen and oxygen atoms in total. The Kier molecular flexibility index (Phi) is 13.3. The number of esters is 2. The molecule has 2 aromatic carbocycles. The molecule has 1 amide bonds. The van der Waals surface area contributed by atoms with E-state index in [1.165, 1.54) is 59.1 Å². The van der Waals surface area contributed by atoms with E-state index in [9.17, 15) is 39.0 Å². The molecule has 6 rings (SSSR count). The second-order valence-corrected chi connectivity index (χ2v) is 15.6. The zero-order chi connectivity index (χ0) is 43.7. The van der Waals surface area contributed by atoms with Crippen molar-refractivity contribution in [2.75, 3.05) is 7.11 Å². The van der Waals surface area contributed by atoms with Crippen molar-refractivity contribution >= 4 is 35.2 Å². The lowest BCUT2D eigenvalue weighted by Gasteiger charge is -2.38. The Morgan fingerprint density at radius 3 is 2.15 bits per heavy atom. The summed E-state index contributed by atoms with van der Waals surface area (Å²) >= 11 is 0. The summed E-state index contributed by atoms with van der Waals surface area (Å²) in [6.07, 6.45) is 4.19.